The molecule has 8 nitrogen and oxygen atoms in total. The molecule has 9 heteroatoms. The summed E-state index contributed by atoms with van der Waals surface area (Å²) < 4.78 is 5.05. The van der Waals surface area contributed by atoms with Gasteiger partial charge in [0.25, 0.3) is 17.7 Å². The molecule has 1 atom stereocenters. The van der Waals surface area contributed by atoms with Crippen molar-refractivity contribution < 1.29 is 23.9 Å². The first kappa shape index (κ1) is 25.1. The van der Waals surface area contributed by atoms with Crippen LogP contribution < -0.4 is 10.6 Å². The van der Waals surface area contributed by atoms with Crippen molar-refractivity contribution in [3.8, 4) is 0 Å². The van der Waals surface area contributed by atoms with Crippen molar-refractivity contribution >= 4 is 40.0 Å². The van der Waals surface area contributed by atoms with Crippen molar-refractivity contribution in [3.05, 3.63) is 51.4 Å². The Bertz CT molecular complexity index is 1120. The molecule has 1 aromatic heterocycles. The SMILES string of the molecule is COCCCNC(=O)c1c(NC(=O)C(C(C)C)N2C(=O)c3ccccc3C2=O)sc2c1CCCC2. The van der Waals surface area contributed by atoms with Crippen LogP contribution in [0.3, 0.4) is 0 Å². The second kappa shape index (κ2) is 10.7. The molecule has 0 saturated carbocycles. The molecule has 2 aliphatic rings. The van der Waals surface area contributed by atoms with Gasteiger partial charge in [0.15, 0.2) is 0 Å². The Kier molecular flexibility index (Phi) is 7.66. The smallest absolute Gasteiger partial charge is 0.262 e. The van der Waals surface area contributed by atoms with Crippen LogP contribution >= 0.6 is 11.3 Å². The van der Waals surface area contributed by atoms with Crippen LogP contribution in [0, 0.1) is 5.92 Å². The standard InChI is InChI=1S/C26H31N3O5S/c1-15(2)21(29-25(32)16-9-4-5-10-17(16)26(29)33)23(31)28-24-20(22(30)27-13-8-14-34-3)18-11-6-7-12-19(18)35-24/h4-5,9-10,15,21H,6-8,11-14H2,1-3H3,(H,27,30)(H,28,31). The fraction of sp³-hybridized carbons (Fsp3) is 0.462. The molecule has 1 aliphatic heterocycles. The number of imide groups is 1. The van der Waals surface area contributed by atoms with Gasteiger partial charge in [0.05, 0.1) is 16.7 Å². The molecule has 2 N–H and O–H groups in total. The number of thiophene rings is 1. The minimum atomic E-state index is -1.00. The molecular weight excluding hydrogens is 466 g/mol. The molecule has 35 heavy (non-hydrogen) atoms. The highest BCUT2D eigenvalue weighted by Crippen LogP contribution is 2.39. The van der Waals surface area contributed by atoms with Crippen LogP contribution in [-0.2, 0) is 22.4 Å². The zero-order chi connectivity index (χ0) is 25.1. The van der Waals surface area contributed by atoms with Gasteiger partial charge in [-0.3, -0.25) is 24.1 Å². The average molecular weight is 498 g/mol. The zero-order valence-corrected chi connectivity index (χ0v) is 21.1. The van der Waals surface area contributed by atoms with Crippen molar-refractivity contribution in [3.63, 3.8) is 0 Å². The molecular formula is C26H31N3O5S. The predicted molar refractivity (Wildman–Crippen MR) is 134 cm³/mol. The van der Waals surface area contributed by atoms with E-state index < -0.39 is 23.8 Å². The molecule has 1 unspecified atom stereocenters. The van der Waals surface area contributed by atoms with Gasteiger partial charge in [-0.25, -0.2) is 0 Å². The van der Waals surface area contributed by atoms with Crippen LogP contribution in [0.1, 0.15) is 74.6 Å². The van der Waals surface area contributed by atoms with Crippen LogP contribution in [0.4, 0.5) is 5.00 Å². The first-order valence-corrected chi connectivity index (χ1v) is 12.9. The van der Waals surface area contributed by atoms with Crippen molar-refractivity contribution in [2.24, 2.45) is 5.92 Å². The number of rotatable bonds is 9. The minimum Gasteiger partial charge on any atom is -0.385 e. The third kappa shape index (κ3) is 4.88. The van der Waals surface area contributed by atoms with Crippen LogP contribution in [0.5, 0.6) is 0 Å². The number of anilines is 1. The number of carbonyl (C=O) groups is 4. The molecule has 2 aromatic rings. The van der Waals surface area contributed by atoms with E-state index in [1.807, 2.05) is 0 Å². The van der Waals surface area contributed by atoms with Gasteiger partial charge in [-0.2, -0.15) is 0 Å². The molecule has 186 valence electrons. The Balaban J connectivity index is 1.61. The molecule has 0 radical (unpaired) electrons. The largest absolute Gasteiger partial charge is 0.385 e. The summed E-state index contributed by atoms with van der Waals surface area (Å²) >= 11 is 1.42. The second-order valence-corrected chi connectivity index (χ2v) is 10.3. The van der Waals surface area contributed by atoms with E-state index in [0.717, 1.165) is 41.0 Å². The van der Waals surface area contributed by atoms with Crippen LogP contribution in [0.25, 0.3) is 0 Å². The van der Waals surface area contributed by atoms with Gasteiger partial charge in [-0.1, -0.05) is 26.0 Å². The van der Waals surface area contributed by atoms with Crippen LogP contribution in [0.2, 0.25) is 0 Å². The average Bonchev–Trinajstić information content (AvgIpc) is 3.32. The molecule has 1 aliphatic carbocycles. The maximum absolute atomic E-state index is 13.6. The number of hydrogen-bond donors (Lipinski definition) is 2. The van der Waals surface area contributed by atoms with Gasteiger partial charge in [-0.15, -0.1) is 11.3 Å². The monoisotopic (exact) mass is 497 g/mol. The molecule has 0 bridgehead atoms. The number of ether oxygens (including phenoxy) is 1. The van der Waals surface area contributed by atoms with E-state index in [9.17, 15) is 19.2 Å². The summed E-state index contributed by atoms with van der Waals surface area (Å²) in [4.78, 5) is 55.0. The van der Waals surface area contributed by atoms with E-state index in [1.165, 1.54) is 11.3 Å². The molecule has 4 amide bonds. The van der Waals surface area contributed by atoms with Gasteiger partial charge >= 0.3 is 0 Å². The predicted octanol–water partition coefficient (Wildman–Crippen LogP) is 3.65. The third-order valence-electron chi connectivity index (χ3n) is 6.45. The Labute approximate surface area is 209 Å². The van der Waals surface area contributed by atoms with Crippen molar-refractivity contribution in [2.75, 3.05) is 25.6 Å². The van der Waals surface area contributed by atoms with E-state index in [1.54, 1.807) is 45.2 Å². The summed E-state index contributed by atoms with van der Waals surface area (Å²) in [6.07, 6.45) is 4.37. The van der Waals surface area contributed by atoms with E-state index in [4.69, 9.17) is 4.74 Å². The fourth-order valence-electron chi connectivity index (χ4n) is 4.77. The lowest BCUT2D eigenvalue weighted by atomic mass is 9.95. The summed E-state index contributed by atoms with van der Waals surface area (Å²) in [5.74, 6) is -1.96. The minimum absolute atomic E-state index is 0.224. The Hall–Kier alpha value is -3.04. The van der Waals surface area contributed by atoms with E-state index >= 15 is 0 Å². The fourth-order valence-corrected chi connectivity index (χ4v) is 6.06. The first-order chi connectivity index (χ1) is 16.8. The number of carbonyl (C=O) groups excluding carboxylic acids is 4. The first-order valence-electron chi connectivity index (χ1n) is 12.0. The highest BCUT2D eigenvalue weighted by molar-refractivity contribution is 7.17. The maximum atomic E-state index is 13.6. The quantitative estimate of drug-likeness (QED) is 0.406. The van der Waals surface area contributed by atoms with Gasteiger partial charge < -0.3 is 15.4 Å². The maximum Gasteiger partial charge on any atom is 0.262 e. The van der Waals surface area contributed by atoms with Gasteiger partial charge in [0.2, 0.25) is 5.91 Å². The van der Waals surface area contributed by atoms with E-state index in [-0.39, 0.29) is 11.8 Å². The van der Waals surface area contributed by atoms with Gasteiger partial charge in [-0.05, 0) is 55.7 Å². The third-order valence-corrected chi connectivity index (χ3v) is 7.66. The lowest BCUT2D eigenvalue weighted by molar-refractivity contribution is -0.121. The van der Waals surface area contributed by atoms with E-state index in [0.29, 0.717) is 41.3 Å². The second-order valence-electron chi connectivity index (χ2n) is 9.22. The Morgan fingerprint density at radius 2 is 1.74 bits per heavy atom. The highest BCUT2D eigenvalue weighted by atomic mass is 32.1. The van der Waals surface area contributed by atoms with Gasteiger partial charge in [0.1, 0.15) is 11.0 Å². The zero-order valence-electron chi connectivity index (χ0n) is 20.3. The summed E-state index contributed by atoms with van der Waals surface area (Å²) in [6, 6.07) is 5.60. The van der Waals surface area contributed by atoms with Crippen molar-refractivity contribution in [1.82, 2.24) is 10.2 Å². The number of nitrogens with zero attached hydrogens (tertiary/aromatic N) is 1. The molecule has 1 aromatic carbocycles. The summed E-state index contributed by atoms with van der Waals surface area (Å²) in [7, 11) is 1.62. The Morgan fingerprint density at radius 3 is 2.37 bits per heavy atom. The molecule has 0 saturated heterocycles. The number of methoxy groups -OCH3 is 1. The number of nitrogens with one attached hydrogen (secondary N) is 2. The number of fused-ring (bicyclic) bond motifs is 2. The summed E-state index contributed by atoms with van der Waals surface area (Å²) in [6.45, 7) is 4.61. The van der Waals surface area contributed by atoms with Crippen LogP contribution in [0.15, 0.2) is 24.3 Å². The van der Waals surface area contributed by atoms with Crippen molar-refractivity contribution in [1.29, 1.82) is 0 Å². The number of amides is 4. The lowest BCUT2D eigenvalue weighted by Crippen LogP contribution is -2.50. The van der Waals surface area contributed by atoms with E-state index in [2.05, 4.69) is 10.6 Å². The lowest BCUT2D eigenvalue weighted by Gasteiger charge is -2.28. The molecule has 0 fully saturated rings. The Morgan fingerprint density at radius 1 is 1.09 bits per heavy atom. The normalized spacial score (nSPS) is 15.7. The summed E-state index contributed by atoms with van der Waals surface area (Å²) in [5, 5.41) is 6.34. The number of benzene rings is 1. The van der Waals surface area contributed by atoms with Crippen LogP contribution in [-0.4, -0.2) is 54.8 Å². The molecule has 4 rings (SSSR count). The molecule has 2 heterocycles. The topological polar surface area (TPSA) is 105 Å². The number of hydrogen-bond acceptors (Lipinski definition) is 6. The van der Waals surface area contributed by atoms with Crippen molar-refractivity contribution in [2.45, 2.75) is 52.0 Å². The molecule has 0 spiro atoms. The summed E-state index contributed by atoms with van der Waals surface area (Å²) in [5.41, 5.74) is 2.10. The highest BCUT2D eigenvalue weighted by Gasteiger charge is 2.44. The number of aryl methyl sites for hydroxylation is 1. The van der Waals surface area contributed by atoms with Gasteiger partial charge in [0, 0.05) is 25.1 Å².